The molecule has 6 aromatic carbocycles. The van der Waals surface area contributed by atoms with Crippen molar-refractivity contribution in [2.24, 2.45) is 5.92 Å². The Morgan fingerprint density at radius 3 is 2.17 bits per heavy atom. The lowest BCUT2D eigenvalue weighted by Gasteiger charge is -2.43. The number of nitrogens with one attached hydrogen (secondary N) is 1. The van der Waals surface area contributed by atoms with Crippen LogP contribution >= 0.6 is 0 Å². The number of benzene rings is 6. The van der Waals surface area contributed by atoms with Crippen molar-refractivity contribution in [1.82, 2.24) is 9.62 Å². The van der Waals surface area contributed by atoms with E-state index < -0.39 is 16.3 Å². The Labute approximate surface area is 312 Å². The third-order valence-corrected chi connectivity index (χ3v) is 11.9. The number of hydrogen-bond donors (Lipinski definition) is 2. The topological polar surface area (TPSA) is 88.1 Å². The molecule has 6 aromatic rings. The van der Waals surface area contributed by atoms with Crippen LogP contribution in [0, 0.1) is 5.92 Å². The molecular weight excluding hydrogens is 681 g/mol. The van der Waals surface area contributed by atoms with E-state index in [1.807, 2.05) is 66.7 Å². The molecule has 0 unspecified atom stereocenters. The Morgan fingerprint density at radius 2 is 1.42 bits per heavy atom. The molecule has 0 aliphatic carbocycles. The average Bonchev–Trinajstić information content (AvgIpc) is 3.21. The second kappa shape index (κ2) is 16.1. The zero-order valence-electron chi connectivity index (χ0n) is 30.3. The number of nitrogens with zero attached hydrogens (tertiary/aromatic N) is 1. The summed E-state index contributed by atoms with van der Waals surface area (Å²) in [6, 6.07) is 47.7. The van der Waals surface area contributed by atoms with E-state index in [2.05, 4.69) is 79.0 Å². The summed E-state index contributed by atoms with van der Waals surface area (Å²) in [5, 5.41) is 12.1. The maximum atomic E-state index is 12.9. The van der Waals surface area contributed by atoms with Crippen LogP contribution in [0.5, 0.6) is 0 Å². The molecule has 1 fully saturated rings. The fourth-order valence-electron chi connectivity index (χ4n) is 7.08. The Kier molecular flexibility index (Phi) is 11.2. The van der Waals surface area contributed by atoms with E-state index in [-0.39, 0.29) is 42.2 Å². The van der Waals surface area contributed by atoms with Crippen molar-refractivity contribution in [3.05, 3.63) is 173 Å². The fraction of sp³-hybridized carbons (Fsp3) is 0.244. The van der Waals surface area contributed by atoms with Gasteiger partial charge >= 0.3 is 0 Å². The van der Waals surface area contributed by atoms with Gasteiger partial charge in [0.25, 0.3) is 0 Å². The van der Waals surface area contributed by atoms with E-state index in [1.54, 1.807) is 30.3 Å². The molecule has 7 rings (SSSR count). The Bertz CT molecular complexity index is 2260. The molecule has 1 heterocycles. The van der Waals surface area contributed by atoms with Gasteiger partial charge in [-0.25, -0.2) is 13.1 Å². The summed E-state index contributed by atoms with van der Waals surface area (Å²) in [6.07, 6.45) is -1.00. The van der Waals surface area contributed by atoms with Crippen molar-refractivity contribution in [3.8, 4) is 11.1 Å². The highest BCUT2D eigenvalue weighted by Crippen LogP contribution is 2.43. The highest BCUT2D eigenvalue weighted by molar-refractivity contribution is 7.89. The molecule has 1 aliphatic rings. The third kappa shape index (κ3) is 8.44. The maximum absolute atomic E-state index is 12.9. The first-order valence-corrected chi connectivity index (χ1v) is 19.6. The first-order valence-electron chi connectivity index (χ1n) is 18.1. The standard InChI is InChI=1S/C45H46N2O5S/c1-31-43(29-47(3)32(2)37-24-23-35-12-7-8-13-39(35)26-37)51-45(52-44(31)36-21-19-33(30-48)20-22-36)41-16-10-15-40(27-41)38-14-9-11-34(25-38)28-46-53(49,50)42-17-5-4-6-18-42/h4-27,31-32,43-46,48H,28-30H2,1-3H3/t31-,32+,43+,44+,45+/m0/s1. The first-order chi connectivity index (χ1) is 25.7. The summed E-state index contributed by atoms with van der Waals surface area (Å²) in [6.45, 7) is 5.27. The molecule has 53 heavy (non-hydrogen) atoms. The van der Waals surface area contributed by atoms with Gasteiger partial charge in [-0.1, -0.05) is 122 Å². The second-order valence-corrected chi connectivity index (χ2v) is 15.8. The zero-order chi connectivity index (χ0) is 37.0. The number of aliphatic hydroxyl groups excluding tert-OH is 1. The molecule has 0 bridgehead atoms. The van der Waals surface area contributed by atoms with Gasteiger partial charge in [0.1, 0.15) is 0 Å². The minimum Gasteiger partial charge on any atom is -0.392 e. The average molecular weight is 727 g/mol. The van der Waals surface area contributed by atoms with Crippen LogP contribution in [0.15, 0.2) is 150 Å². The molecule has 0 amide bonds. The highest BCUT2D eigenvalue weighted by atomic mass is 32.2. The number of ether oxygens (including phenoxy) is 2. The van der Waals surface area contributed by atoms with E-state index >= 15 is 0 Å². The summed E-state index contributed by atoms with van der Waals surface area (Å²) < 4.78 is 42.1. The van der Waals surface area contributed by atoms with Crippen LogP contribution in [-0.2, 0) is 32.6 Å². The van der Waals surface area contributed by atoms with Crippen LogP contribution in [0.1, 0.15) is 60.1 Å². The molecular formula is C45H46N2O5S. The maximum Gasteiger partial charge on any atom is 0.240 e. The molecule has 0 saturated carbocycles. The molecule has 0 radical (unpaired) electrons. The molecule has 7 nitrogen and oxygen atoms in total. The Balaban J connectivity index is 1.13. The largest absolute Gasteiger partial charge is 0.392 e. The van der Waals surface area contributed by atoms with E-state index in [9.17, 15) is 13.5 Å². The number of fused-ring (bicyclic) bond motifs is 1. The van der Waals surface area contributed by atoms with Gasteiger partial charge in [-0.2, -0.15) is 0 Å². The van der Waals surface area contributed by atoms with Crippen LogP contribution in [0.4, 0.5) is 0 Å². The summed E-state index contributed by atoms with van der Waals surface area (Å²) in [5.74, 6) is 0.0389. The van der Waals surface area contributed by atoms with Gasteiger partial charge in [-0.3, -0.25) is 4.90 Å². The molecule has 1 aliphatic heterocycles. The molecule has 5 atom stereocenters. The fourth-order valence-corrected chi connectivity index (χ4v) is 8.12. The molecule has 272 valence electrons. The smallest absolute Gasteiger partial charge is 0.240 e. The predicted octanol–water partition coefficient (Wildman–Crippen LogP) is 8.96. The molecule has 1 saturated heterocycles. The van der Waals surface area contributed by atoms with Crippen LogP contribution in [0.25, 0.3) is 21.9 Å². The van der Waals surface area contributed by atoms with Crippen molar-refractivity contribution >= 4 is 20.8 Å². The van der Waals surface area contributed by atoms with Crippen LogP contribution in [0.2, 0.25) is 0 Å². The molecule has 0 spiro atoms. The van der Waals surface area contributed by atoms with Gasteiger partial charge in [0.2, 0.25) is 10.0 Å². The summed E-state index contributed by atoms with van der Waals surface area (Å²) in [5.41, 5.74) is 6.83. The monoisotopic (exact) mass is 726 g/mol. The number of aliphatic hydroxyl groups is 1. The highest BCUT2D eigenvalue weighted by Gasteiger charge is 2.39. The van der Waals surface area contributed by atoms with Gasteiger partial charge in [-0.05, 0) is 88.5 Å². The summed E-state index contributed by atoms with van der Waals surface area (Å²) in [7, 11) is -1.49. The van der Waals surface area contributed by atoms with Gasteiger partial charge in [-0.15, -0.1) is 0 Å². The van der Waals surface area contributed by atoms with Gasteiger partial charge in [0, 0.05) is 30.6 Å². The van der Waals surface area contributed by atoms with E-state index in [0.717, 1.165) is 33.4 Å². The number of likely N-dealkylation sites (N-methyl/N-ethyl adjacent to an activating group) is 1. The van der Waals surface area contributed by atoms with Crippen molar-refractivity contribution < 1.29 is 23.0 Å². The van der Waals surface area contributed by atoms with Crippen molar-refractivity contribution in [3.63, 3.8) is 0 Å². The minimum absolute atomic E-state index is 0.0138. The Morgan fingerprint density at radius 1 is 0.717 bits per heavy atom. The predicted molar refractivity (Wildman–Crippen MR) is 210 cm³/mol. The van der Waals surface area contributed by atoms with E-state index in [1.165, 1.54) is 16.3 Å². The normalized spacial score (nSPS) is 19.7. The zero-order valence-corrected chi connectivity index (χ0v) is 31.1. The number of hydrogen-bond acceptors (Lipinski definition) is 6. The summed E-state index contributed by atoms with van der Waals surface area (Å²) >= 11 is 0. The van der Waals surface area contributed by atoms with Crippen molar-refractivity contribution in [1.29, 1.82) is 0 Å². The lowest BCUT2D eigenvalue weighted by molar-refractivity contribution is -0.276. The summed E-state index contributed by atoms with van der Waals surface area (Å²) in [4.78, 5) is 2.59. The molecule has 0 aromatic heterocycles. The first kappa shape index (κ1) is 36.7. The minimum atomic E-state index is -3.64. The molecule has 2 N–H and O–H groups in total. The van der Waals surface area contributed by atoms with Gasteiger partial charge in [0.05, 0.1) is 23.7 Å². The molecule has 8 heteroatoms. The third-order valence-electron chi connectivity index (χ3n) is 10.4. The van der Waals surface area contributed by atoms with Gasteiger partial charge < -0.3 is 14.6 Å². The van der Waals surface area contributed by atoms with Crippen LogP contribution in [0.3, 0.4) is 0 Å². The van der Waals surface area contributed by atoms with Crippen LogP contribution < -0.4 is 4.72 Å². The Hall–Kier alpha value is -4.67. The lowest BCUT2D eigenvalue weighted by Crippen LogP contribution is -2.44. The van der Waals surface area contributed by atoms with Gasteiger partial charge in [0.15, 0.2) is 6.29 Å². The van der Waals surface area contributed by atoms with Crippen LogP contribution in [-0.4, -0.2) is 38.1 Å². The van der Waals surface area contributed by atoms with E-state index in [4.69, 9.17) is 9.47 Å². The SMILES string of the molecule is C[C@H]1[C@@H](CN(C)[C@H](C)c2ccc3ccccc3c2)O[C@@H](c2cccc(-c3cccc(CNS(=O)(=O)c4ccccc4)c3)c2)O[C@H]1c1ccc(CO)cc1. The van der Waals surface area contributed by atoms with E-state index in [0.29, 0.717) is 6.54 Å². The van der Waals surface area contributed by atoms with Crippen molar-refractivity contribution in [2.45, 2.75) is 56.4 Å². The number of rotatable bonds is 12. The second-order valence-electron chi connectivity index (χ2n) is 14.0. The number of sulfonamides is 1. The lowest BCUT2D eigenvalue weighted by atomic mass is 9.89. The van der Waals surface area contributed by atoms with Crippen molar-refractivity contribution in [2.75, 3.05) is 13.6 Å². The quantitative estimate of drug-likeness (QED) is 0.131.